The number of rotatable bonds is 7. The third kappa shape index (κ3) is 4.69. The third-order valence-corrected chi connectivity index (χ3v) is 7.35. The van der Waals surface area contributed by atoms with Crippen molar-refractivity contribution in [1.29, 1.82) is 0 Å². The molecular formula is C21H32O14. The van der Waals surface area contributed by atoms with Gasteiger partial charge in [-0.25, -0.2) is 4.79 Å². The Hall–Kier alpha value is -1.43. The standard InChI is InChI=1S/C21H32O14/c1-20(29)3-2-8-9(16(27)28)5-31-17(11(8)20)35-18-14(13(25)12(24)10(4-22)33-18)34-19-15(26)21(30,6-23)7-32-19/h5,8,10-15,17-19,22-26,29-30H,2-4,6-7H2,1H3,(H,27,28)/t8-,10-,11-,12-,13+,14-,15+,17+,18+,19-,20+,21-/m1/s1. The minimum Gasteiger partial charge on any atom is -0.478 e. The largest absolute Gasteiger partial charge is 0.478 e. The molecule has 14 nitrogen and oxygen atoms in total. The molecule has 200 valence electrons. The molecule has 4 aliphatic rings. The second kappa shape index (κ2) is 9.79. The van der Waals surface area contributed by atoms with Gasteiger partial charge in [-0.3, -0.25) is 0 Å². The lowest BCUT2D eigenvalue weighted by atomic mass is 9.81. The Balaban J connectivity index is 1.58. The Kier molecular flexibility index (Phi) is 7.45. The van der Waals surface area contributed by atoms with Crippen LogP contribution in [0.25, 0.3) is 0 Å². The van der Waals surface area contributed by atoms with Crippen molar-refractivity contribution in [1.82, 2.24) is 0 Å². The van der Waals surface area contributed by atoms with Gasteiger partial charge in [-0.2, -0.15) is 0 Å². The van der Waals surface area contributed by atoms with Gasteiger partial charge < -0.3 is 64.5 Å². The highest BCUT2D eigenvalue weighted by molar-refractivity contribution is 5.87. The van der Waals surface area contributed by atoms with Gasteiger partial charge in [0.05, 0.1) is 43.2 Å². The number of ether oxygens (including phenoxy) is 5. The lowest BCUT2D eigenvalue weighted by molar-refractivity contribution is -0.368. The maximum atomic E-state index is 11.6. The molecule has 0 amide bonds. The fourth-order valence-electron chi connectivity index (χ4n) is 5.20. The molecule has 3 aliphatic heterocycles. The highest BCUT2D eigenvalue weighted by atomic mass is 16.8. The van der Waals surface area contributed by atoms with Crippen LogP contribution in [-0.4, -0.2) is 127 Å². The van der Waals surface area contributed by atoms with E-state index in [-0.39, 0.29) is 12.0 Å². The third-order valence-electron chi connectivity index (χ3n) is 7.35. The molecule has 14 heteroatoms. The smallest absolute Gasteiger partial charge is 0.334 e. The topological polar surface area (TPSA) is 225 Å². The molecule has 4 rings (SSSR count). The maximum Gasteiger partial charge on any atom is 0.334 e. The van der Waals surface area contributed by atoms with Crippen molar-refractivity contribution in [2.45, 2.75) is 80.4 Å². The van der Waals surface area contributed by atoms with Gasteiger partial charge >= 0.3 is 5.97 Å². The number of carbonyl (C=O) groups is 1. The summed E-state index contributed by atoms with van der Waals surface area (Å²) in [6.07, 6.45) is -10.6. The molecule has 1 saturated carbocycles. The quantitative estimate of drug-likeness (QED) is 0.166. The molecule has 35 heavy (non-hydrogen) atoms. The summed E-state index contributed by atoms with van der Waals surface area (Å²) < 4.78 is 27.8. The summed E-state index contributed by atoms with van der Waals surface area (Å²) in [7, 11) is 0. The zero-order valence-corrected chi connectivity index (χ0v) is 18.9. The van der Waals surface area contributed by atoms with E-state index in [1.165, 1.54) is 6.92 Å². The summed E-state index contributed by atoms with van der Waals surface area (Å²) in [4.78, 5) is 11.6. The van der Waals surface area contributed by atoms with E-state index in [1.54, 1.807) is 0 Å². The first kappa shape index (κ1) is 26.6. The molecule has 0 aromatic carbocycles. The first-order valence-electron chi connectivity index (χ1n) is 11.3. The molecule has 0 bridgehead atoms. The Morgan fingerprint density at radius 1 is 1.11 bits per heavy atom. The number of aliphatic carboxylic acids is 1. The van der Waals surface area contributed by atoms with Crippen LogP contribution in [0.2, 0.25) is 0 Å². The molecule has 12 atom stereocenters. The van der Waals surface area contributed by atoms with Crippen molar-refractivity contribution in [3.05, 3.63) is 11.8 Å². The fourth-order valence-corrected chi connectivity index (χ4v) is 5.20. The predicted molar refractivity (Wildman–Crippen MR) is 109 cm³/mol. The van der Waals surface area contributed by atoms with E-state index in [2.05, 4.69) is 0 Å². The first-order valence-corrected chi connectivity index (χ1v) is 11.3. The molecule has 0 aromatic heterocycles. The summed E-state index contributed by atoms with van der Waals surface area (Å²) in [5.41, 5.74) is -3.42. The van der Waals surface area contributed by atoms with E-state index in [9.17, 15) is 45.6 Å². The number of hydrogen-bond donors (Lipinski definition) is 8. The van der Waals surface area contributed by atoms with E-state index < -0.39 is 98.2 Å². The van der Waals surface area contributed by atoms with Gasteiger partial charge in [-0.15, -0.1) is 0 Å². The highest BCUT2D eigenvalue weighted by Crippen LogP contribution is 2.49. The summed E-state index contributed by atoms with van der Waals surface area (Å²) in [6.45, 7) is -0.492. The number of carboxylic acid groups (broad SMARTS) is 1. The minimum absolute atomic E-state index is 0.0283. The summed E-state index contributed by atoms with van der Waals surface area (Å²) in [5.74, 6) is -2.64. The van der Waals surface area contributed by atoms with Crippen molar-refractivity contribution in [2.24, 2.45) is 11.8 Å². The summed E-state index contributed by atoms with van der Waals surface area (Å²) in [6, 6.07) is 0. The van der Waals surface area contributed by atoms with E-state index in [0.717, 1.165) is 6.26 Å². The molecule has 8 N–H and O–H groups in total. The minimum atomic E-state index is -2.02. The maximum absolute atomic E-state index is 11.6. The predicted octanol–water partition coefficient (Wildman–Crippen LogP) is -3.63. The van der Waals surface area contributed by atoms with Crippen LogP contribution in [0, 0.1) is 11.8 Å². The number of fused-ring (bicyclic) bond motifs is 1. The number of carboxylic acids is 1. The Morgan fingerprint density at radius 2 is 1.83 bits per heavy atom. The van der Waals surface area contributed by atoms with Gasteiger partial charge in [0, 0.05) is 5.92 Å². The number of aliphatic hydroxyl groups excluding tert-OH is 5. The highest BCUT2D eigenvalue weighted by Gasteiger charge is 2.57. The van der Waals surface area contributed by atoms with Crippen LogP contribution in [0.4, 0.5) is 0 Å². The van der Waals surface area contributed by atoms with Crippen LogP contribution in [0.5, 0.6) is 0 Å². The first-order chi connectivity index (χ1) is 16.4. The molecular weight excluding hydrogens is 476 g/mol. The molecule has 0 aromatic rings. The summed E-state index contributed by atoms with van der Waals surface area (Å²) >= 11 is 0. The molecule has 3 fully saturated rings. The fraction of sp³-hybridized carbons (Fsp3) is 0.857. The molecule has 1 aliphatic carbocycles. The Bertz CT molecular complexity index is 818. The van der Waals surface area contributed by atoms with Crippen molar-refractivity contribution in [2.75, 3.05) is 19.8 Å². The van der Waals surface area contributed by atoms with Gasteiger partial charge in [0.2, 0.25) is 6.29 Å². The molecule has 3 heterocycles. The van der Waals surface area contributed by atoms with Crippen LogP contribution in [-0.2, 0) is 28.5 Å². The van der Waals surface area contributed by atoms with Gasteiger partial charge in [0.1, 0.15) is 36.1 Å². The van der Waals surface area contributed by atoms with Crippen LogP contribution in [0.15, 0.2) is 11.8 Å². The Morgan fingerprint density at radius 3 is 2.43 bits per heavy atom. The van der Waals surface area contributed by atoms with Crippen LogP contribution >= 0.6 is 0 Å². The van der Waals surface area contributed by atoms with E-state index >= 15 is 0 Å². The average Bonchev–Trinajstić information content (AvgIpc) is 3.29. The summed E-state index contributed by atoms with van der Waals surface area (Å²) in [5, 5.41) is 80.9. The zero-order valence-electron chi connectivity index (χ0n) is 18.9. The monoisotopic (exact) mass is 508 g/mol. The molecule has 0 spiro atoms. The SMILES string of the molecule is C[C@]1(O)CC[C@@H]2C(C(=O)O)=CO[C@@H](O[C@@H]3O[C@H](CO)[C@@H](O)[C@H](O)[C@H]3O[C@H]3OC[C@](O)(CO)[C@H]3O)[C@@H]21. The van der Waals surface area contributed by atoms with Crippen LogP contribution < -0.4 is 0 Å². The van der Waals surface area contributed by atoms with Crippen molar-refractivity contribution in [3.63, 3.8) is 0 Å². The molecule has 2 saturated heterocycles. The van der Waals surface area contributed by atoms with Gasteiger partial charge in [-0.05, 0) is 19.8 Å². The van der Waals surface area contributed by atoms with E-state index in [0.29, 0.717) is 6.42 Å². The number of hydrogen-bond acceptors (Lipinski definition) is 13. The molecule has 0 unspecified atom stereocenters. The van der Waals surface area contributed by atoms with Crippen molar-refractivity contribution in [3.8, 4) is 0 Å². The lowest BCUT2D eigenvalue weighted by Gasteiger charge is -2.45. The normalized spacial score (nSPS) is 49.9. The second-order valence-electron chi connectivity index (χ2n) is 9.74. The second-order valence-corrected chi connectivity index (χ2v) is 9.74. The number of aliphatic hydroxyl groups is 7. The zero-order chi connectivity index (χ0) is 25.7. The van der Waals surface area contributed by atoms with Crippen LogP contribution in [0.3, 0.4) is 0 Å². The Labute approximate surface area is 199 Å². The average molecular weight is 508 g/mol. The van der Waals surface area contributed by atoms with Gasteiger partial charge in [-0.1, -0.05) is 0 Å². The molecule has 0 radical (unpaired) electrons. The van der Waals surface area contributed by atoms with Crippen molar-refractivity contribution >= 4 is 5.97 Å². The van der Waals surface area contributed by atoms with Crippen molar-refractivity contribution < 1.29 is 69.3 Å². The van der Waals surface area contributed by atoms with E-state index in [4.69, 9.17) is 23.7 Å². The van der Waals surface area contributed by atoms with Gasteiger partial charge in [0.15, 0.2) is 12.6 Å². The van der Waals surface area contributed by atoms with E-state index in [1.807, 2.05) is 0 Å². The lowest BCUT2D eigenvalue weighted by Crippen LogP contribution is -2.62. The van der Waals surface area contributed by atoms with Gasteiger partial charge in [0.25, 0.3) is 0 Å². The van der Waals surface area contributed by atoms with Crippen LogP contribution in [0.1, 0.15) is 19.8 Å².